The smallest absolute Gasteiger partial charge is 0.229 e. The lowest BCUT2D eigenvalue weighted by atomic mass is 9.57. The van der Waals surface area contributed by atoms with Gasteiger partial charge in [-0.15, -0.1) is 0 Å². The highest BCUT2D eigenvalue weighted by Gasteiger charge is 2.43. The SMILES string of the molecule is CCC1CC2CCCC(Cc3nc4c(nc3NC(=O)Cc3ccc(O)cc3)CCc3cc(N)ccc3-4)(C1)C2. The number of aromatic nitrogens is 2. The van der Waals surface area contributed by atoms with Crippen LogP contribution in [0.1, 0.15) is 74.4 Å². The molecule has 2 fully saturated rings. The third-order valence-electron chi connectivity index (χ3n) is 9.16. The molecule has 0 radical (unpaired) electrons. The second kappa shape index (κ2) is 10.0. The molecule has 3 atom stereocenters. The van der Waals surface area contributed by atoms with E-state index in [-0.39, 0.29) is 23.5 Å². The summed E-state index contributed by atoms with van der Waals surface area (Å²) >= 11 is 0. The van der Waals surface area contributed by atoms with Crippen LogP contribution in [-0.4, -0.2) is 21.0 Å². The third-order valence-corrected chi connectivity index (χ3v) is 9.16. The first kappa shape index (κ1) is 24.9. The maximum absolute atomic E-state index is 13.2. The summed E-state index contributed by atoms with van der Waals surface area (Å²) in [7, 11) is 0. The molecule has 6 nitrogen and oxygen atoms in total. The Kier molecular flexibility index (Phi) is 6.58. The monoisotopic (exact) mass is 510 g/mol. The summed E-state index contributed by atoms with van der Waals surface area (Å²) < 4.78 is 0. The molecule has 1 amide bonds. The Hall–Kier alpha value is -3.41. The number of aromatic hydroxyl groups is 1. The number of fused-ring (bicyclic) bond motifs is 5. The second-order valence-electron chi connectivity index (χ2n) is 12.0. The lowest BCUT2D eigenvalue weighted by Crippen LogP contribution is -2.39. The molecule has 3 aliphatic carbocycles. The molecule has 0 saturated heterocycles. The lowest BCUT2D eigenvalue weighted by Gasteiger charge is -2.48. The molecular formula is C32H38N4O2. The van der Waals surface area contributed by atoms with Crippen molar-refractivity contribution in [3.05, 3.63) is 65.0 Å². The van der Waals surface area contributed by atoms with E-state index in [9.17, 15) is 9.90 Å². The molecule has 6 rings (SSSR count). The van der Waals surface area contributed by atoms with Crippen LogP contribution in [0, 0.1) is 17.3 Å². The first-order chi connectivity index (χ1) is 18.4. The van der Waals surface area contributed by atoms with Crippen LogP contribution in [0.5, 0.6) is 5.75 Å². The highest BCUT2D eigenvalue weighted by molar-refractivity contribution is 5.92. The van der Waals surface area contributed by atoms with Crippen molar-refractivity contribution in [1.82, 2.24) is 9.97 Å². The molecule has 4 N–H and O–H groups in total. The van der Waals surface area contributed by atoms with Crippen molar-refractivity contribution in [2.24, 2.45) is 17.3 Å². The van der Waals surface area contributed by atoms with Crippen LogP contribution in [0.4, 0.5) is 11.5 Å². The number of phenols is 1. The number of nitrogens with two attached hydrogens (primary N) is 1. The summed E-state index contributed by atoms with van der Waals surface area (Å²) in [5.41, 5.74) is 13.1. The summed E-state index contributed by atoms with van der Waals surface area (Å²) in [6.45, 7) is 2.33. The van der Waals surface area contributed by atoms with E-state index in [1.54, 1.807) is 24.3 Å². The lowest BCUT2D eigenvalue weighted by molar-refractivity contribution is -0.115. The Bertz CT molecular complexity index is 1350. The van der Waals surface area contributed by atoms with Gasteiger partial charge in [0.05, 0.1) is 23.5 Å². The third kappa shape index (κ3) is 5.01. The van der Waals surface area contributed by atoms with E-state index in [2.05, 4.69) is 24.4 Å². The predicted octanol–water partition coefficient (Wildman–Crippen LogP) is 6.25. The van der Waals surface area contributed by atoms with Gasteiger partial charge in [0.2, 0.25) is 5.91 Å². The zero-order chi connectivity index (χ0) is 26.3. The fraction of sp³-hybridized carbons (Fsp3) is 0.469. The summed E-state index contributed by atoms with van der Waals surface area (Å²) in [6, 6.07) is 12.9. The fourth-order valence-corrected chi connectivity index (χ4v) is 7.43. The number of aryl methyl sites for hydroxylation is 2. The maximum Gasteiger partial charge on any atom is 0.229 e. The molecule has 3 aromatic rings. The second-order valence-corrected chi connectivity index (χ2v) is 12.0. The van der Waals surface area contributed by atoms with E-state index in [1.807, 2.05) is 6.07 Å². The first-order valence-corrected chi connectivity index (χ1v) is 14.3. The fourth-order valence-electron chi connectivity index (χ4n) is 7.43. The van der Waals surface area contributed by atoms with Gasteiger partial charge in [-0.3, -0.25) is 4.79 Å². The van der Waals surface area contributed by atoms with Crippen molar-refractivity contribution < 1.29 is 9.90 Å². The summed E-state index contributed by atoms with van der Waals surface area (Å²) in [6.07, 6.45) is 11.7. The molecule has 198 valence electrons. The Labute approximate surface area is 225 Å². The minimum Gasteiger partial charge on any atom is -0.508 e. The molecule has 0 aliphatic heterocycles. The van der Waals surface area contributed by atoms with Crippen LogP contribution in [-0.2, 0) is 30.5 Å². The Morgan fingerprint density at radius 3 is 2.79 bits per heavy atom. The Morgan fingerprint density at radius 2 is 1.97 bits per heavy atom. The number of nitrogens with zero attached hydrogens (tertiary/aromatic N) is 2. The molecule has 2 bridgehead atoms. The Morgan fingerprint density at radius 1 is 1.13 bits per heavy atom. The largest absolute Gasteiger partial charge is 0.508 e. The van der Waals surface area contributed by atoms with Gasteiger partial charge in [-0.2, -0.15) is 0 Å². The molecular weight excluding hydrogens is 472 g/mol. The molecule has 38 heavy (non-hydrogen) atoms. The van der Waals surface area contributed by atoms with Crippen LogP contribution in [0.25, 0.3) is 11.3 Å². The number of nitrogens with one attached hydrogen (secondary N) is 1. The maximum atomic E-state index is 13.2. The number of carbonyl (C=O) groups is 1. The van der Waals surface area contributed by atoms with Gasteiger partial charge in [-0.05, 0) is 97.6 Å². The highest BCUT2D eigenvalue weighted by atomic mass is 16.3. The zero-order valence-electron chi connectivity index (χ0n) is 22.3. The van der Waals surface area contributed by atoms with E-state index in [0.29, 0.717) is 5.82 Å². The van der Waals surface area contributed by atoms with Gasteiger partial charge in [-0.25, -0.2) is 9.97 Å². The van der Waals surface area contributed by atoms with Crippen LogP contribution in [0.2, 0.25) is 0 Å². The molecule has 2 saturated carbocycles. The van der Waals surface area contributed by atoms with Crippen molar-refractivity contribution in [1.29, 1.82) is 0 Å². The summed E-state index contributed by atoms with van der Waals surface area (Å²) in [5.74, 6) is 2.30. The van der Waals surface area contributed by atoms with E-state index in [1.165, 1.54) is 50.5 Å². The Balaban J connectivity index is 1.36. The topological polar surface area (TPSA) is 101 Å². The van der Waals surface area contributed by atoms with Gasteiger partial charge >= 0.3 is 0 Å². The number of benzene rings is 2. The van der Waals surface area contributed by atoms with Gasteiger partial charge < -0.3 is 16.2 Å². The number of amides is 1. The molecule has 0 spiro atoms. The number of rotatable bonds is 6. The number of hydrogen-bond acceptors (Lipinski definition) is 5. The normalized spacial score (nSPS) is 23.8. The highest BCUT2D eigenvalue weighted by Crippen LogP contribution is 2.53. The van der Waals surface area contributed by atoms with Gasteiger partial charge in [0.25, 0.3) is 0 Å². The number of nitrogen functional groups attached to an aromatic ring is 1. The molecule has 1 heterocycles. The minimum absolute atomic E-state index is 0.107. The van der Waals surface area contributed by atoms with Gasteiger partial charge in [0, 0.05) is 11.3 Å². The average Bonchev–Trinajstić information content (AvgIpc) is 2.89. The first-order valence-electron chi connectivity index (χ1n) is 14.3. The van der Waals surface area contributed by atoms with Crippen molar-refractivity contribution in [2.75, 3.05) is 11.1 Å². The number of phenolic OH excluding ortho intramolecular Hbond substituents is 1. The van der Waals surface area contributed by atoms with E-state index < -0.39 is 0 Å². The quantitative estimate of drug-likeness (QED) is 0.340. The van der Waals surface area contributed by atoms with Gasteiger partial charge in [0.15, 0.2) is 5.82 Å². The molecule has 3 unspecified atom stereocenters. The van der Waals surface area contributed by atoms with Crippen molar-refractivity contribution >= 4 is 17.4 Å². The van der Waals surface area contributed by atoms with Crippen molar-refractivity contribution in [3.63, 3.8) is 0 Å². The predicted molar refractivity (Wildman–Crippen MR) is 151 cm³/mol. The minimum atomic E-state index is -0.107. The number of hydrogen-bond donors (Lipinski definition) is 3. The standard InChI is InChI=1S/C32H38N4O2/c1-2-20-14-22-4-3-13-32(17-20,18-22)19-28-31(36-29(38)15-21-5-9-25(37)10-6-21)35-27-12-7-23-16-24(33)8-11-26(23)30(27)34-28/h5-6,8-11,16,20,22,37H,2-4,7,12-15,17-19,33H2,1H3,(H,35,36,38). The van der Waals surface area contributed by atoms with Gasteiger partial charge in [-0.1, -0.05) is 44.4 Å². The molecule has 6 heteroatoms. The van der Waals surface area contributed by atoms with Crippen LogP contribution >= 0.6 is 0 Å². The van der Waals surface area contributed by atoms with E-state index >= 15 is 0 Å². The zero-order valence-corrected chi connectivity index (χ0v) is 22.3. The summed E-state index contributed by atoms with van der Waals surface area (Å²) in [5, 5.41) is 12.7. The molecule has 2 aromatic carbocycles. The van der Waals surface area contributed by atoms with Gasteiger partial charge in [0.1, 0.15) is 5.75 Å². The number of carbonyl (C=O) groups excluding carboxylic acids is 1. The molecule has 3 aliphatic rings. The van der Waals surface area contributed by atoms with E-state index in [0.717, 1.165) is 65.0 Å². The van der Waals surface area contributed by atoms with Crippen LogP contribution in [0.15, 0.2) is 42.5 Å². The number of anilines is 2. The van der Waals surface area contributed by atoms with Crippen molar-refractivity contribution in [3.8, 4) is 17.0 Å². The average molecular weight is 511 g/mol. The van der Waals surface area contributed by atoms with Crippen LogP contribution in [0.3, 0.4) is 0 Å². The van der Waals surface area contributed by atoms with Crippen molar-refractivity contribution in [2.45, 2.75) is 77.6 Å². The summed E-state index contributed by atoms with van der Waals surface area (Å²) in [4.78, 5) is 23.5. The van der Waals surface area contributed by atoms with Crippen LogP contribution < -0.4 is 11.1 Å². The molecule has 1 aromatic heterocycles. The van der Waals surface area contributed by atoms with E-state index in [4.69, 9.17) is 15.7 Å².